The summed E-state index contributed by atoms with van der Waals surface area (Å²) in [7, 11) is 0. The minimum absolute atomic E-state index is 0.418. The number of rotatable bonds is 6. The lowest BCUT2D eigenvalue weighted by Crippen LogP contribution is -2.44. The van der Waals surface area contributed by atoms with Crippen molar-refractivity contribution in [2.24, 2.45) is 0 Å². The van der Waals surface area contributed by atoms with Crippen molar-refractivity contribution in [2.45, 2.75) is 57.2 Å². The van der Waals surface area contributed by atoms with Crippen LogP contribution in [0.1, 0.15) is 38.2 Å². The van der Waals surface area contributed by atoms with Crippen LogP contribution in [0, 0.1) is 0 Å². The Hall–Kier alpha value is -1.55. The highest BCUT2D eigenvalue weighted by molar-refractivity contribution is 5.73. The molecule has 2 unspecified atom stereocenters. The van der Waals surface area contributed by atoms with Gasteiger partial charge in [-0.1, -0.05) is 18.2 Å². The number of para-hydroxylation sites is 1. The zero-order valence-electron chi connectivity index (χ0n) is 12.6. The van der Waals surface area contributed by atoms with Crippen LogP contribution in [0.15, 0.2) is 24.3 Å². The highest BCUT2D eigenvalue weighted by Gasteiger charge is 2.29. The molecule has 0 bridgehead atoms. The third-order valence-electron chi connectivity index (χ3n) is 4.64. The molecule has 0 amide bonds. The summed E-state index contributed by atoms with van der Waals surface area (Å²) < 4.78 is 0. The molecule has 3 rings (SSSR count). The molecule has 1 fully saturated rings. The van der Waals surface area contributed by atoms with E-state index in [1.165, 1.54) is 11.3 Å². The highest BCUT2D eigenvalue weighted by Crippen LogP contribution is 2.30. The molecule has 114 valence electrons. The zero-order chi connectivity index (χ0) is 14.8. The van der Waals surface area contributed by atoms with Crippen LogP contribution in [-0.2, 0) is 11.2 Å². The first-order chi connectivity index (χ1) is 10.1. The van der Waals surface area contributed by atoms with Gasteiger partial charge in [0.2, 0.25) is 0 Å². The molecule has 1 aliphatic carbocycles. The number of hydrogen-bond acceptors (Lipinski definition) is 3. The standard InChI is InChI=1S/C17H24N2O2/c1-12-6-7-13-4-2-3-5-16(13)19(12)11-10-15(17(20)21)18-14-8-9-14/h2-5,12,14-15,18H,6-11H2,1H3,(H,20,21). The van der Waals surface area contributed by atoms with Gasteiger partial charge in [0.25, 0.3) is 0 Å². The number of nitrogens with one attached hydrogen (secondary N) is 1. The van der Waals surface area contributed by atoms with E-state index in [-0.39, 0.29) is 0 Å². The molecule has 4 heteroatoms. The molecule has 0 radical (unpaired) electrons. The fourth-order valence-corrected chi connectivity index (χ4v) is 3.18. The Kier molecular flexibility index (Phi) is 4.15. The molecular formula is C17H24N2O2. The number of carboxylic acids is 1. The van der Waals surface area contributed by atoms with Crippen molar-refractivity contribution in [3.63, 3.8) is 0 Å². The second-order valence-corrected chi connectivity index (χ2v) is 6.33. The number of benzene rings is 1. The number of aryl methyl sites for hydroxylation is 1. The number of hydrogen-bond donors (Lipinski definition) is 2. The Labute approximate surface area is 126 Å². The second kappa shape index (κ2) is 6.06. The Bertz CT molecular complexity index is 513. The van der Waals surface area contributed by atoms with Crippen molar-refractivity contribution in [3.8, 4) is 0 Å². The van der Waals surface area contributed by atoms with Crippen LogP contribution in [0.25, 0.3) is 0 Å². The lowest BCUT2D eigenvalue weighted by molar-refractivity contribution is -0.139. The van der Waals surface area contributed by atoms with Gasteiger partial charge in [-0.2, -0.15) is 0 Å². The monoisotopic (exact) mass is 288 g/mol. The van der Waals surface area contributed by atoms with Gasteiger partial charge in [-0.15, -0.1) is 0 Å². The van der Waals surface area contributed by atoms with Gasteiger partial charge in [0, 0.05) is 24.3 Å². The molecule has 2 N–H and O–H groups in total. The Morgan fingerprint density at radius 1 is 1.38 bits per heavy atom. The van der Waals surface area contributed by atoms with E-state index in [1.807, 2.05) is 0 Å². The summed E-state index contributed by atoms with van der Waals surface area (Å²) in [6, 6.07) is 8.99. The lowest BCUT2D eigenvalue weighted by Gasteiger charge is -2.37. The number of nitrogens with zero attached hydrogens (tertiary/aromatic N) is 1. The van der Waals surface area contributed by atoms with Crippen LogP contribution in [-0.4, -0.2) is 35.7 Å². The molecule has 2 atom stereocenters. The number of aliphatic carboxylic acids is 1. The first-order valence-electron chi connectivity index (χ1n) is 7.98. The van der Waals surface area contributed by atoms with Crippen LogP contribution >= 0.6 is 0 Å². The van der Waals surface area contributed by atoms with E-state index in [0.29, 0.717) is 18.5 Å². The van der Waals surface area contributed by atoms with E-state index in [0.717, 1.165) is 32.2 Å². The molecular weight excluding hydrogens is 264 g/mol. The lowest BCUT2D eigenvalue weighted by atomic mass is 9.96. The van der Waals surface area contributed by atoms with Crippen LogP contribution in [0.4, 0.5) is 5.69 Å². The van der Waals surface area contributed by atoms with Gasteiger partial charge in [-0.3, -0.25) is 4.79 Å². The molecule has 21 heavy (non-hydrogen) atoms. The zero-order valence-corrected chi connectivity index (χ0v) is 12.6. The summed E-state index contributed by atoms with van der Waals surface area (Å²) >= 11 is 0. The molecule has 0 aromatic heterocycles. The molecule has 1 saturated carbocycles. The van der Waals surface area contributed by atoms with Gasteiger partial charge in [0.15, 0.2) is 0 Å². The van der Waals surface area contributed by atoms with Crippen molar-refractivity contribution in [1.82, 2.24) is 5.32 Å². The third-order valence-corrected chi connectivity index (χ3v) is 4.64. The maximum atomic E-state index is 11.4. The van der Waals surface area contributed by atoms with Crippen molar-refractivity contribution >= 4 is 11.7 Å². The minimum atomic E-state index is -0.722. The average molecular weight is 288 g/mol. The molecule has 2 aliphatic rings. The largest absolute Gasteiger partial charge is 0.480 e. The molecule has 4 nitrogen and oxygen atoms in total. The quantitative estimate of drug-likeness (QED) is 0.844. The predicted octanol–water partition coefficient (Wildman–Crippen LogP) is 2.42. The third kappa shape index (κ3) is 3.38. The normalized spacial score (nSPS) is 22.7. The first kappa shape index (κ1) is 14.4. The van der Waals surface area contributed by atoms with Gasteiger partial charge >= 0.3 is 5.97 Å². The molecule has 0 spiro atoms. The highest BCUT2D eigenvalue weighted by atomic mass is 16.4. The van der Waals surface area contributed by atoms with Crippen LogP contribution in [0.5, 0.6) is 0 Å². The maximum absolute atomic E-state index is 11.4. The van der Waals surface area contributed by atoms with Crippen molar-refractivity contribution in [3.05, 3.63) is 29.8 Å². The van der Waals surface area contributed by atoms with Gasteiger partial charge < -0.3 is 15.3 Å². The molecule has 1 aliphatic heterocycles. The van der Waals surface area contributed by atoms with Gasteiger partial charge in [0.05, 0.1) is 0 Å². The van der Waals surface area contributed by atoms with Gasteiger partial charge in [-0.05, 0) is 50.7 Å². The number of carboxylic acid groups (broad SMARTS) is 1. The second-order valence-electron chi connectivity index (χ2n) is 6.33. The smallest absolute Gasteiger partial charge is 0.320 e. The van der Waals surface area contributed by atoms with Crippen molar-refractivity contribution < 1.29 is 9.90 Å². The molecule has 1 aromatic rings. The summed E-state index contributed by atoms with van der Waals surface area (Å²) in [5, 5.41) is 12.6. The van der Waals surface area contributed by atoms with E-state index in [4.69, 9.17) is 0 Å². The fourth-order valence-electron chi connectivity index (χ4n) is 3.18. The van der Waals surface area contributed by atoms with E-state index >= 15 is 0 Å². The van der Waals surface area contributed by atoms with E-state index in [1.54, 1.807) is 0 Å². The number of carbonyl (C=O) groups is 1. The summed E-state index contributed by atoms with van der Waals surface area (Å²) in [5.74, 6) is -0.722. The molecule has 1 heterocycles. The van der Waals surface area contributed by atoms with Gasteiger partial charge in [0.1, 0.15) is 6.04 Å². The molecule has 1 aromatic carbocycles. The van der Waals surface area contributed by atoms with Crippen LogP contribution < -0.4 is 10.2 Å². The molecule has 0 saturated heterocycles. The Balaban J connectivity index is 1.67. The van der Waals surface area contributed by atoms with E-state index in [9.17, 15) is 9.90 Å². The van der Waals surface area contributed by atoms with Crippen LogP contribution in [0.2, 0.25) is 0 Å². The predicted molar refractivity (Wildman–Crippen MR) is 83.8 cm³/mol. The van der Waals surface area contributed by atoms with Crippen LogP contribution in [0.3, 0.4) is 0 Å². The van der Waals surface area contributed by atoms with Crippen molar-refractivity contribution in [1.29, 1.82) is 0 Å². The number of fused-ring (bicyclic) bond motifs is 1. The minimum Gasteiger partial charge on any atom is -0.480 e. The van der Waals surface area contributed by atoms with Gasteiger partial charge in [-0.25, -0.2) is 0 Å². The Morgan fingerprint density at radius 3 is 2.86 bits per heavy atom. The number of anilines is 1. The van der Waals surface area contributed by atoms with E-state index < -0.39 is 12.0 Å². The topological polar surface area (TPSA) is 52.6 Å². The van der Waals surface area contributed by atoms with E-state index in [2.05, 4.69) is 41.4 Å². The Morgan fingerprint density at radius 2 is 2.14 bits per heavy atom. The average Bonchev–Trinajstić information content (AvgIpc) is 3.28. The summed E-state index contributed by atoms with van der Waals surface area (Å²) in [4.78, 5) is 13.8. The van der Waals surface area contributed by atoms with Crippen molar-refractivity contribution in [2.75, 3.05) is 11.4 Å². The fraction of sp³-hybridized carbons (Fsp3) is 0.588. The maximum Gasteiger partial charge on any atom is 0.320 e. The SMILES string of the molecule is CC1CCc2ccccc2N1CCC(NC1CC1)C(=O)O. The summed E-state index contributed by atoms with van der Waals surface area (Å²) in [6.45, 7) is 3.04. The summed E-state index contributed by atoms with van der Waals surface area (Å²) in [6.07, 6.45) is 5.16. The first-order valence-corrected chi connectivity index (χ1v) is 7.98. The summed E-state index contributed by atoms with van der Waals surface area (Å²) in [5.41, 5.74) is 2.67.